The Morgan fingerprint density at radius 2 is 1.79 bits per heavy atom. The third-order valence-corrected chi connectivity index (χ3v) is 4.84. The molecule has 0 radical (unpaired) electrons. The van der Waals surface area contributed by atoms with Crippen LogP contribution in [0, 0.1) is 0 Å². The molecule has 0 saturated carbocycles. The minimum Gasteiger partial charge on any atom is -0.546 e. The first-order valence-electron chi connectivity index (χ1n) is 8.41. The molecule has 1 atom stereocenters. The number of amides is 2. The molecule has 1 N–H and O–H groups in total. The van der Waals surface area contributed by atoms with Gasteiger partial charge < -0.3 is 14.6 Å². The molecule has 3 rings (SSSR count). The van der Waals surface area contributed by atoms with Gasteiger partial charge in [-0.2, -0.15) is 0 Å². The molecule has 2 aromatic carbocycles. The van der Waals surface area contributed by atoms with E-state index < -0.39 is 23.9 Å². The van der Waals surface area contributed by atoms with Gasteiger partial charge in [0.25, 0.3) is 11.8 Å². The van der Waals surface area contributed by atoms with Crippen molar-refractivity contribution in [2.45, 2.75) is 13.0 Å². The first kappa shape index (κ1) is 20.7. The largest absolute Gasteiger partial charge is 0.546 e. The zero-order valence-corrected chi connectivity index (χ0v) is 17.5. The lowest BCUT2D eigenvalue weighted by molar-refractivity contribution is -0.312. The maximum Gasteiger partial charge on any atom is 0.270 e. The molecule has 148 valence electrons. The topological polar surface area (TPSA) is 98.8 Å². The van der Waals surface area contributed by atoms with Crippen LogP contribution in [0.15, 0.2) is 58.6 Å². The van der Waals surface area contributed by atoms with Crippen molar-refractivity contribution < 1.29 is 24.2 Å². The van der Waals surface area contributed by atoms with E-state index in [2.05, 4.69) is 21.2 Å². The lowest BCUT2D eigenvalue weighted by Gasteiger charge is -2.29. The van der Waals surface area contributed by atoms with Gasteiger partial charge in [0.15, 0.2) is 5.11 Å². The summed E-state index contributed by atoms with van der Waals surface area (Å²) in [6, 6.07) is 13.2. The summed E-state index contributed by atoms with van der Waals surface area (Å²) in [6.07, 6.45) is 0.322. The number of thiocarbonyl (C=S) groups is 1. The number of hydrogen-bond donors (Lipinski definition) is 1. The van der Waals surface area contributed by atoms with Gasteiger partial charge in [-0.3, -0.25) is 19.8 Å². The second kappa shape index (κ2) is 8.54. The molecule has 1 saturated heterocycles. The quantitative estimate of drug-likeness (QED) is 0.403. The van der Waals surface area contributed by atoms with Crippen LogP contribution in [0.5, 0.6) is 5.75 Å². The van der Waals surface area contributed by atoms with Gasteiger partial charge in [0, 0.05) is 4.47 Å². The van der Waals surface area contributed by atoms with Crippen molar-refractivity contribution in [2.24, 2.45) is 0 Å². The highest BCUT2D eigenvalue weighted by Gasteiger charge is 2.34. The standard InChI is InChI=1S/C20H15BrN2O5S/c1-11(19(26)27)28-15-8-2-12(3-9-15)10-16-17(24)22-20(29)23(18(16)25)14-6-4-13(21)5-7-14/h2-11H,1H3,(H,26,27)(H,22,24,29)/p-1/b16-10+/t11-/m0/s1. The van der Waals surface area contributed by atoms with E-state index in [1.807, 2.05) is 0 Å². The number of nitrogens with one attached hydrogen (secondary N) is 1. The highest BCUT2D eigenvalue weighted by atomic mass is 79.9. The first-order valence-corrected chi connectivity index (χ1v) is 9.61. The zero-order chi connectivity index (χ0) is 21.1. The van der Waals surface area contributed by atoms with Crippen LogP contribution in [0.2, 0.25) is 0 Å². The molecule has 0 aromatic heterocycles. The van der Waals surface area contributed by atoms with Gasteiger partial charge in [-0.05, 0) is 67.2 Å². The Bertz CT molecular complexity index is 1020. The van der Waals surface area contributed by atoms with Crippen molar-refractivity contribution in [2.75, 3.05) is 4.90 Å². The summed E-state index contributed by atoms with van der Waals surface area (Å²) >= 11 is 8.49. The fourth-order valence-electron chi connectivity index (χ4n) is 2.54. The van der Waals surface area contributed by atoms with E-state index in [-0.39, 0.29) is 10.7 Å². The first-order chi connectivity index (χ1) is 13.8. The van der Waals surface area contributed by atoms with Crippen LogP contribution in [0.3, 0.4) is 0 Å². The number of carboxylic acids is 1. The monoisotopic (exact) mass is 473 g/mol. The van der Waals surface area contributed by atoms with Gasteiger partial charge in [-0.15, -0.1) is 0 Å². The van der Waals surface area contributed by atoms with Crippen LogP contribution >= 0.6 is 28.1 Å². The van der Waals surface area contributed by atoms with Gasteiger partial charge in [0.1, 0.15) is 17.4 Å². The van der Waals surface area contributed by atoms with Crippen LogP contribution in [0.25, 0.3) is 6.08 Å². The molecule has 0 spiro atoms. The normalized spacial score (nSPS) is 16.6. The maximum atomic E-state index is 12.9. The van der Waals surface area contributed by atoms with Gasteiger partial charge in [-0.1, -0.05) is 28.1 Å². The summed E-state index contributed by atoms with van der Waals surface area (Å²) in [5, 5.41) is 13.3. The smallest absolute Gasteiger partial charge is 0.270 e. The zero-order valence-electron chi connectivity index (χ0n) is 15.0. The predicted molar refractivity (Wildman–Crippen MR) is 112 cm³/mol. The number of rotatable bonds is 5. The van der Waals surface area contributed by atoms with E-state index in [0.29, 0.717) is 17.0 Å². The molecule has 0 unspecified atom stereocenters. The van der Waals surface area contributed by atoms with Gasteiger partial charge in [0.05, 0.1) is 11.7 Å². The number of hydrogen-bond acceptors (Lipinski definition) is 6. The Labute approximate surface area is 180 Å². The third kappa shape index (κ3) is 4.69. The van der Waals surface area contributed by atoms with Crippen LogP contribution in [0.1, 0.15) is 12.5 Å². The van der Waals surface area contributed by atoms with Crippen molar-refractivity contribution in [3.8, 4) is 5.75 Å². The molecule has 0 bridgehead atoms. The number of nitrogens with zero attached hydrogens (tertiary/aromatic N) is 1. The molecule has 1 fully saturated rings. The number of ether oxygens (including phenoxy) is 1. The summed E-state index contributed by atoms with van der Waals surface area (Å²) in [5.41, 5.74) is 0.993. The van der Waals surface area contributed by atoms with Gasteiger partial charge in [0.2, 0.25) is 0 Å². The molecular formula is C20H14BrN2O5S-. The number of carboxylic acid groups (broad SMARTS) is 1. The maximum absolute atomic E-state index is 12.9. The van der Waals surface area contributed by atoms with E-state index in [4.69, 9.17) is 17.0 Å². The third-order valence-electron chi connectivity index (χ3n) is 4.02. The van der Waals surface area contributed by atoms with Crippen LogP contribution in [-0.2, 0) is 14.4 Å². The summed E-state index contributed by atoms with van der Waals surface area (Å²) in [6.45, 7) is 1.36. The summed E-state index contributed by atoms with van der Waals surface area (Å²) in [4.78, 5) is 37.2. The average molecular weight is 474 g/mol. The van der Waals surface area contributed by atoms with E-state index in [9.17, 15) is 19.5 Å². The number of benzene rings is 2. The van der Waals surface area contributed by atoms with E-state index in [0.717, 1.165) is 4.47 Å². The van der Waals surface area contributed by atoms with Crippen molar-refractivity contribution in [1.29, 1.82) is 0 Å². The number of halogens is 1. The highest BCUT2D eigenvalue weighted by Crippen LogP contribution is 2.24. The molecule has 2 aromatic rings. The lowest BCUT2D eigenvalue weighted by atomic mass is 10.1. The number of anilines is 1. The Hall–Kier alpha value is -3.04. The van der Waals surface area contributed by atoms with Crippen molar-refractivity contribution in [3.63, 3.8) is 0 Å². The van der Waals surface area contributed by atoms with Crippen LogP contribution in [-0.4, -0.2) is 29.0 Å². The molecule has 2 amide bonds. The van der Waals surface area contributed by atoms with E-state index >= 15 is 0 Å². The predicted octanol–water partition coefficient (Wildman–Crippen LogP) is 1.80. The Morgan fingerprint density at radius 3 is 2.38 bits per heavy atom. The fraction of sp³-hybridized carbons (Fsp3) is 0.100. The molecule has 0 aliphatic carbocycles. The highest BCUT2D eigenvalue weighted by molar-refractivity contribution is 9.10. The number of carbonyl (C=O) groups is 3. The van der Waals surface area contributed by atoms with Crippen molar-refractivity contribution >= 4 is 62.8 Å². The van der Waals surface area contributed by atoms with Crippen LogP contribution < -0.4 is 20.1 Å². The Morgan fingerprint density at radius 1 is 1.17 bits per heavy atom. The SMILES string of the molecule is C[C@H](Oc1ccc(/C=C2\C(=O)NC(=S)N(c3ccc(Br)cc3)C2=O)cc1)C(=O)[O-]. The van der Waals surface area contributed by atoms with E-state index in [1.165, 1.54) is 30.0 Å². The molecule has 7 nitrogen and oxygen atoms in total. The lowest BCUT2D eigenvalue weighted by Crippen LogP contribution is -2.54. The van der Waals surface area contributed by atoms with Crippen LogP contribution in [0.4, 0.5) is 5.69 Å². The summed E-state index contributed by atoms with van der Waals surface area (Å²) in [5.74, 6) is -2.16. The minimum atomic E-state index is -1.33. The van der Waals surface area contributed by atoms with E-state index in [1.54, 1.807) is 36.4 Å². The molecular weight excluding hydrogens is 460 g/mol. The number of aliphatic carboxylic acids is 1. The second-order valence-corrected chi connectivity index (χ2v) is 7.38. The molecule has 9 heteroatoms. The molecule has 1 heterocycles. The molecule has 1 aliphatic rings. The van der Waals surface area contributed by atoms with Gasteiger partial charge in [-0.25, -0.2) is 0 Å². The fourth-order valence-corrected chi connectivity index (χ4v) is 3.09. The average Bonchev–Trinajstić information content (AvgIpc) is 2.67. The van der Waals surface area contributed by atoms with Crippen molar-refractivity contribution in [1.82, 2.24) is 5.32 Å². The molecule has 29 heavy (non-hydrogen) atoms. The molecule has 1 aliphatic heterocycles. The summed E-state index contributed by atoms with van der Waals surface area (Å²) < 4.78 is 6.04. The van der Waals surface area contributed by atoms with Gasteiger partial charge >= 0.3 is 0 Å². The number of carbonyl (C=O) groups excluding carboxylic acids is 3. The Balaban J connectivity index is 1.86. The van der Waals surface area contributed by atoms with Crippen molar-refractivity contribution in [3.05, 3.63) is 64.1 Å². The Kier molecular flexibility index (Phi) is 6.09. The second-order valence-electron chi connectivity index (χ2n) is 6.08. The minimum absolute atomic E-state index is 0.000474. The summed E-state index contributed by atoms with van der Waals surface area (Å²) in [7, 11) is 0.